The number of nitrogens with two attached hydrogens (primary N) is 1. The molecule has 1 aliphatic carbocycles. The molecule has 0 radical (unpaired) electrons. The van der Waals surface area contributed by atoms with Gasteiger partial charge >= 0.3 is 5.97 Å². The summed E-state index contributed by atoms with van der Waals surface area (Å²) in [5, 5.41) is 7.60. The van der Waals surface area contributed by atoms with Gasteiger partial charge in [-0.1, -0.05) is 0 Å². The van der Waals surface area contributed by atoms with Crippen LogP contribution in [0.4, 0.5) is 0 Å². The summed E-state index contributed by atoms with van der Waals surface area (Å²) in [6.07, 6.45) is 1.52. The van der Waals surface area contributed by atoms with Gasteiger partial charge in [0.2, 0.25) is 11.6 Å². The third-order valence-electron chi connectivity index (χ3n) is 3.66. The molecule has 3 saturated heterocycles. The maximum Gasteiger partial charge on any atom is 0.317 e. The minimum absolute atomic E-state index is 0.00546. The second-order valence-electron chi connectivity index (χ2n) is 5.48. The van der Waals surface area contributed by atoms with Crippen molar-refractivity contribution in [2.45, 2.75) is 0 Å². The summed E-state index contributed by atoms with van der Waals surface area (Å²) in [6.45, 7) is 5.13. The highest BCUT2D eigenvalue weighted by atomic mass is 16.4. The standard InChI is InChI=1S/C12H13N3O2.C2H5NO2/c16-9-7-8(13-1-2-13)12(17)11(15-5-6-15)10(9)14-3-4-14;3-1-2(4)5/h7H,1-6H2;1,3H2,(H,4,5). The number of ketones is 2. The first-order chi connectivity index (χ1) is 10.5. The molecule has 0 amide bonds. The molecular formula is C14H18N4O4. The molecule has 0 unspecified atom stereocenters. The lowest BCUT2D eigenvalue weighted by Gasteiger charge is -2.21. The van der Waals surface area contributed by atoms with E-state index in [1.807, 2.05) is 14.7 Å². The summed E-state index contributed by atoms with van der Waals surface area (Å²) in [5.74, 6) is -0.919. The van der Waals surface area contributed by atoms with E-state index in [0.717, 1.165) is 39.3 Å². The molecule has 8 heteroatoms. The van der Waals surface area contributed by atoms with Crippen LogP contribution in [0.15, 0.2) is 23.2 Å². The average molecular weight is 306 g/mol. The van der Waals surface area contributed by atoms with Crippen molar-refractivity contribution in [3.05, 3.63) is 23.2 Å². The van der Waals surface area contributed by atoms with E-state index < -0.39 is 5.97 Å². The van der Waals surface area contributed by atoms with Crippen molar-refractivity contribution in [2.24, 2.45) is 5.73 Å². The van der Waals surface area contributed by atoms with Crippen molar-refractivity contribution in [2.75, 3.05) is 45.8 Å². The van der Waals surface area contributed by atoms with Crippen LogP contribution in [0.5, 0.6) is 0 Å². The smallest absolute Gasteiger partial charge is 0.317 e. The van der Waals surface area contributed by atoms with E-state index in [1.165, 1.54) is 6.08 Å². The number of carboxylic acid groups (broad SMARTS) is 1. The van der Waals surface area contributed by atoms with E-state index in [0.29, 0.717) is 17.1 Å². The van der Waals surface area contributed by atoms with Crippen LogP contribution in [0, 0.1) is 0 Å². The van der Waals surface area contributed by atoms with Crippen LogP contribution in [0.1, 0.15) is 0 Å². The van der Waals surface area contributed by atoms with Crippen LogP contribution in [0.3, 0.4) is 0 Å². The number of allylic oxidation sites excluding steroid dienone is 1. The SMILES string of the molecule is NCC(=O)O.O=C1C=C(N2CC2)C(=O)C(N2CC2)=C1N1CC1. The van der Waals surface area contributed by atoms with Crippen molar-refractivity contribution in [1.82, 2.24) is 14.7 Å². The Morgan fingerprint density at radius 3 is 1.86 bits per heavy atom. The molecule has 8 nitrogen and oxygen atoms in total. The molecule has 4 rings (SSSR count). The Morgan fingerprint density at radius 1 is 1.00 bits per heavy atom. The lowest BCUT2D eigenvalue weighted by atomic mass is 10.0. The lowest BCUT2D eigenvalue weighted by molar-refractivity contribution is -0.135. The summed E-state index contributed by atoms with van der Waals surface area (Å²) in [4.78, 5) is 39.7. The fourth-order valence-electron chi connectivity index (χ4n) is 2.28. The van der Waals surface area contributed by atoms with Gasteiger partial charge in [-0.3, -0.25) is 14.4 Å². The van der Waals surface area contributed by atoms with Crippen molar-refractivity contribution in [3.8, 4) is 0 Å². The second-order valence-corrected chi connectivity index (χ2v) is 5.48. The number of Topliss-reactive ketones (excluding diaryl/α,β-unsaturated/α-hetero) is 1. The van der Waals surface area contributed by atoms with Crippen LogP contribution < -0.4 is 5.73 Å². The first-order valence-electron chi connectivity index (χ1n) is 7.24. The van der Waals surface area contributed by atoms with Gasteiger partial charge in [-0.25, -0.2) is 0 Å². The molecule has 0 atom stereocenters. The first-order valence-corrected chi connectivity index (χ1v) is 7.24. The van der Waals surface area contributed by atoms with Gasteiger partial charge in [0.05, 0.1) is 12.2 Å². The van der Waals surface area contributed by atoms with E-state index in [1.54, 1.807) is 0 Å². The van der Waals surface area contributed by atoms with E-state index in [-0.39, 0.29) is 18.1 Å². The average Bonchev–Trinajstić information content (AvgIpc) is 3.34. The summed E-state index contributed by atoms with van der Waals surface area (Å²) >= 11 is 0. The second kappa shape index (κ2) is 5.45. The molecule has 0 aromatic carbocycles. The van der Waals surface area contributed by atoms with E-state index in [4.69, 9.17) is 5.11 Å². The minimum Gasteiger partial charge on any atom is -0.480 e. The number of carbonyl (C=O) groups is 3. The predicted octanol–water partition coefficient (Wildman–Crippen LogP) is -1.79. The monoisotopic (exact) mass is 306 g/mol. The van der Waals surface area contributed by atoms with Gasteiger partial charge in [0, 0.05) is 45.3 Å². The van der Waals surface area contributed by atoms with Gasteiger partial charge in [-0.15, -0.1) is 0 Å². The molecule has 4 aliphatic rings. The molecule has 22 heavy (non-hydrogen) atoms. The number of hydrogen-bond donors (Lipinski definition) is 2. The Labute approximate surface area is 127 Å². The van der Waals surface area contributed by atoms with Crippen molar-refractivity contribution in [1.29, 1.82) is 0 Å². The summed E-state index contributed by atoms with van der Waals surface area (Å²) in [6, 6.07) is 0. The summed E-state index contributed by atoms with van der Waals surface area (Å²) < 4.78 is 0. The number of nitrogens with zero attached hydrogens (tertiary/aromatic N) is 3. The zero-order valence-electron chi connectivity index (χ0n) is 12.1. The molecule has 0 saturated carbocycles. The molecule has 3 N–H and O–H groups in total. The Kier molecular flexibility index (Phi) is 3.61. The summed E-state index contributed by atoms with van der Waals surface area (Å²) in [7, 11) is 0. The predicted molar refractivity (Wildman–Crippen MR) is 76.5 cm³/mol. The highest BCUT2D eigenvalue weighted by Gasteiger charge is 2.43. The molecule has 3 heterocycles. The van der Waals surface area contributed by atoms with Crippen LogP contribution in [0.25, 0.3) is 0 Å². The molecule has 0 bridgehead atoms. The number of carboxylic acids is 1. The molecule has 3 aliphatic heterocycles. The Morgan fingerprint density at radius 2 is 1.45 bits per heavy atom. The maximum atomic E-state index is 12.4. The Balaban J connectivity index is 0.000000254. The van der Waals surface area contributed by atoms with Gasteiger partial charge < -0.3 is 25.5 Å². The quantitative estimate of drug-likeness (QED) is 0.463. The van der Waals surface area contributed by atoms with Crippen LogP contribution in [-0.4, -0.2) is 83.2 Å². The van der Waals surface area contributed by atoms with E-state index in [9.17, 15) is 14.4 Å². The molecule has 0 spiro atoms. The van der Waals surface area contributed by atoms with Crippen LogP contribution in [0.2, 0.25) is 0 Å². The molecule has 118 valence electrons. The van der Waals surface area contributed by atoms with Gasteiger partial charge in [-0.2, -0.15) is 0 Å². The fraction of sp³-hybridized carbons (Fsp3) is 0.500. The van der Waals surface area contributed by atoms with Gasteiger partial charge in [-0.05, 0) is 0 Å². The van der Waals surface area contributed by atoms with Crippen LogP contribution >= 0.6 is 0 Å². The highest BCUT2D eigenvalue weighted by molar-refractivity contribution is 6.22. The van der Waals surface area contributed by atoms with E-state index >= 15 is 0 Å². The number of hydrogen-bond acceptors (Lipinski definition) is 7. The third-order valence-corrected chi connectivity index (χ3v) is 3.66. The Bertz CT molecular complexity index is 598. The van der Waals surface area contributed by atoms with Gasteiger partial charge in [0.25, 0.3) is 0 Å². The fourth-order valence-corrected chi connectivity index (χ4v) is 2.28. The maximum absolute atomic E-state index is 12.4. The third kappa shape index (κ3) is 2.96. The topological polar surface area (TPSA) is 106 Å². The van der Waals surface area contributed by atoms with Gasteiger partial charge in [0.1, 0.15) is 11.4 Å². The van der Waals surface area contributed by atoms with Crippen LogP contribution in [-0.2, 0) is 14.4 Å². The first kappa shape index (κ1) is 14.6. The zero-order valence-corrected chi connectivity index (χ0v) is 12.1. The zero-order chi connectivity index (χ0) is 15.9. The number of rotatable bonds is 4. The van der Waals surface area contributed by atoms with Crippen molar-refractivity contribution < 1.29 is 19.5 Å². The molecular weight excluding hydrogens is 288 g/mol. The highest BCUT2D eigenvalue weighted by Crippen LogP contribution is 2.33. The normalized spacial score (nSPS) is 22.2. The van der Waals surface area contributed by atoms with Crippen molar-refractivity contribution >= 4 is 17.5 Å². The largest absolute Gasteiger partial charge is 0.480 e. The van der Waals surface area contributed by atoms with E-state index in [2.05, 4.69) is 5.73 Å². The molecule has 3 fully saturated rings. The molecule has 0 aromatic heterocycles. The number of aliphatic carboxylic acids is 1. The molecule has 0 aromatic rings. The van der Waals surface area contributed by atoms with Crippen molar-refractivity contribution in [3.63, 3.8) is 0 Å². The lowest BCUT2D eigenvalue weighted by Crippen LogP contribution is -2.29. The number of carbonyl (C=O) groups excluding carboxylic acids is 2. The Hall–Kier alpha value is -2.35. The van der Waals surface area contributed by atoms with Gasteiger partial charge in [0.15, 0.2) is 0 Å². The minimum atomic E-state index is -0.968. The summed E-state index contributed by atoms with van der Waals surface area (Å²) in [5.41, 5.74) is 6.46.